The highest BCUT2D eigenvalue weighted by atomic mass is 32.1. The van der Waals surface area contributed by atoms with Gasteiger partial charge in [-0.1, -0.05) is 176 Å². The largest absolute Gasteiger partial charge is 0.310 e. The second-order valence-corrected chi connectivity index (χ2v) is 16.7. The first-order chi connectivity index (χ1) is 29.2. The lowest BCUT2D eigenvalue weighted by Gasteiger charge is -2.35. The van der Waals surface area contributed by atoms with Gasteiger partial charge in [-0.25, -0.2) is 0 Å². The van der Waals surface area contributed by atoms with Gasteiger partial charge in [0.2, 0.25) is 0 Å². The minimum Gasteiger partial charge on any atom is -0.310 e. The fourth-order valence-electron chi connectivity index (χ4n) is 9.88. The number of fused-ring (bicyclic) bond motifs is 9. The normalized spacial score (nSPS) is 12.9. The lowest BCUT2D eigenvalue weighted by atomic mass is 9.67. The molecule has 0 unspecified atom stereocenters. The van der Waals surface area contributed by atoms with E-state index in [0.29, 0.717) is 0 Å². The summed E-state index contributed by atoms with van der Waals surface area (Å²) in [7, 11) is 0. The van der Waals surface area contributed by atoms with Crippen molar-refractivity contribution in [2.24, 2.45) is 0 Å². The summed E-state index contributed by atoms with van der Waals surface area (Å²) < 4.78 is 2.59. The van der Waals surface area contributed by atoms with E-state index in [-0.39, 0.29) is 0 Å². The Labute approximate surface area is 347 Å². The van der Waals surface area contributed by atoms with Crippen LogP contribution < -0.4 is 4.90 Å². The number of hydrogen-bond donors (Lipinski definition) is 0. The van der Waals surface area contributed by atoms with Crippen LogP contribution in [-0.4, -0.2) is 0 Å². The summed E-state index contributed by atoms with van der Waals surface area (Å²) in [4.78, 5) is 2.47. The zero-order valence-electron chi connectivity index (χ0n) is 32.2. The molecule has 1 aromatic heterocycles. The molecule has 0 radical (unpaired) electrons. The maximum absolute atomic E-state index is 2.47. The maximum atomic E-state index is 2.47. The maximum Gasteiger partial charge on any atom is 0.0714 e. The molecule has 0 saturated carbocycles. The number of thiophene rings is 1. The molecule has 0 aliphatic heterocycles. The zero-order valence-corrected chi connectivity index (χ0v) is 33.0. The van der Waals surface area contributed by atoms with Crippen LogP contribution in [0.4, 0.5) is 17.1 Å². The van der Waals surface area contributed by atoms with Crippen LogP contribution in [0, 0.1) is 0 Å². The predicted molar refractivity (Wildman–Crippen MR) is 252 cm³/mol. The first-order valence-electron chi connectivity index (χ1n) is 20.3. The van der Waals surface area contributed by atoms with E-state index in [4.69, 9.17) is 0 Å². The lowest BCUT2D eigenvalue weighted by Crippen LogP contribution is -2.28. The third kappa shape index (κ3) is 5.24. The predicted octanol–water partition coefficient (Wildman–Crippen LogP) is 15.9. The molecule has 0 fully saturated rings. The van der Waals surface area contributed by atoms with Crippen molar-refractivity contribution in [3.05, 3.63) is 247 Å². The molecular weight excluding hydrogens is 731 g/mol. The van der Waals surface area contributed by atoms with Gasteiger partial charge in [0.1, 0.15) is 0 Å². The standard InChI is InChI=1S/C57H37NS/c1-3-16-42(17-4-1)57(43-18-5-2-6-19-43)53-24-11-9-22-48(53)49-32-30-45(36-54(49)57)58(46-31-33-51-50-23-10-12-25-55(50)59-56(51)37-46)44-20-13-15-40(34-44)41-29-28-39-27-26-38-14-7-8-21-47(38)52(39)35-41/h1-37H. The van der Waals surface area contributed by atoms with Gasteiger partial charge >= 0.3 is 0 Å². The Balaban J connectivity index is 1.10. The summed E-state index contributed by atoms with van der Waals surface area (Å²) in [6.07, 6.45) is 0. The Morgan fingerprint density at radius 1 is 0.322 bits per heavy atom. The number of benzene rings is 10. The highest BCUT2D eigenvalue weighted by Crippen LogP contribution is 2.57. The summed E-state index contributed by atoms with van der Waals surface area (Å²) in [5, 5.41) is 7.66. The summed E-state index contributed by atoms with van der Waals surface area (Å²) in [6, 6.07) is 83.2. The van der Waals surface area contributed by atoms with Crippen LogP contribution in [-0.2, 0) is 5.41 Å². The van der Waals surface area contributed by atoms with Gasteiger partial charge in [0.05, 0.1) is 5.41 Å². The van der Waals surface area contributed by atoms with Crippen LogP contribution in [0.15, 0.2) is 224 Å². The molecule has 1 aliphatic rings. The van der Waals surface area contributed by atoms with Crippen molar-refractivity contribution in [3.63, 3.8) is 0 Å². The van der Waals surface area contributed by atoms with E-state index in [0.717, 1.165) is 17.1 Å². The molecule has 1 nitrogen and oxygen atoms in total. The molecule has 1 heterocycles. The Morgan fingerprint density at radius 3 is 1.75 bits per heavy atom. The van der Waals surface area contributed by atoms with Crippen molar-refractivity contribution in [2.45, 2.75) is 5.41 Å². The first-order valence-corrected chi connectivity index (χ1v) is 21.1. The first kappa shape index (κ1) is 33.8. The highest BCUT2D eigenvalue weighted by molar-refractivity contribution is 7.25. The third-order valence-electron chi connectivity index (χ3n) is 12.5. The molecule has 0 saturated heterocycles. The fourth-order valence-corrected chi connectivity index (χ4v) is 11.0. The van der Waals surface area contributed by atoms with Gasteiger partial charge < -0.3 is 4.90 Å². The molecule has 0 spiro atoms. The molecule has 10 aromatic carbocycles. The fraction of sp³-hybridized carbons (Fsp3) is 0.0175. The van der Waals surface area contributed by atoms with Gasteiger partial charge in [0, 0.05) is 37.2 Å². The van der Waals surface area contributed by atoms with E-state index < -0.39 is 5.41 Å². The van der Waals surface area contributed by atoms with E-state index in [9.17, 15) is 0 Å². The highest BCUT2D eigenvalue weighted by Gasteiger charge is 2.46. The smallest absolute Gasteiger partial charge is 0.0714 e. The van der Waals surface area contributed by atoms with Crippen molar-refractivity contribution in [2.75, 3.05) is 4.90 Å². The van der Waals surface area contributed by atoms with Crippen LogP contribution in [0.3, 0.4) is 0 Å². The number of rotatable bonds is 6. The molecule has 0 atom stereocenters. The molecule has 276 valence electrons. The summed E-state index contributed by atoms with van der Waals surface area (Å²) in [5.41, 5.74) is 12.9. The molecule has 0 bridgehead atoms. The molecule has 59 heavy (non-hydrogen) atoms. The van der Waals surface area contributed by atoms with Gasteiger partial charge in [-0.2, -0.15) is 0 Å². The van der Waals surface area contributed by atoms with E-state index in [1.807, 2.05) is 11.3 Å². The van der Waals surface area contributed by atoms with Gasteiger partial charge in [-0.3, -0.25) is 0 Å². The molecule has 0 amide bonds. The number of nitrogens with zero attached hydrogens (tertiary/aromatic N) is 1. The van der Waals surface area contributed by atoms with Gasteiger partial charge in [-0.05, 0) is 115 Å². The average molecular weight is 768 g/mol. The molecule has 0 N–H and O–H groups in total. The second kappa shape index (κ2) is 13.4. The van der Waals surface area contributed by atoms with Crippen LogP contribution in [0.25, 0.3) is 64.0 Å². The van der Waals surface area contributed by atoms with Crippen molar-refractivity contribution >= 4 is 70.1 Å². The van der Waals surface area contributed by atoms with E-state index in [1.165, 1.54) is 86.2 Å². The molecular formula is C57H37NS. The number of hydrogen-bond acceptors (Lipinski definition) is 2. The Morgan fingerprint density at radius 2 is 0.915 bits per heavy atom. The van der Waals surface area contributed by atoms with Gasteiger partial charge in [0.25, 0.3) is 0 Å². The summed E-state index contributed by atoms with van der Waals surface area (Å²) in [5.74, 6) is 0. The number of anilines is 3. The Hall–Kier alpha value is -7.26. The summed E-state index contributed by atoms with van der Waals surface area (Å²) in [6.45, 7) is 0. The van der Waals surface area contributed by atoms with Crippen molar-refractivity contribution < 1.29 is 0 Å². The monoisotopic (exact) mass is 767 g/mol. The second-order valence-electron chi connectivity index (χ2n) is 15.6. The topological polar surface area (TPSA) is 3.24 Å². The van der Waals surface area contributed by atoms with Gasteiger partial charge in [0.15, 0.2) is 0 Å². The van der Waals surface area contributed by atoms with E-state index in [2.05, 4.69) is 229 Å². The van der Waals surface area contributed by atoms with Crippen LogP contribution >= 0.6 is 11.3 Å². The van der Waals surface area contributed by atoms with Crippen molar-refractivity contribution in [1.82, 2.24) is 0 Å². The van der Waals surface area contributed by atoms with Crippen LogP contribution in [0.5, 0.6) is 0 Å². The van der Waals surface area contributed by atoms with E-state index in [1.54, 1.807) is 0 Å². The SMILES string of the molecule is c1ccc(C2(c3ccccc3)c3ccccc3-c3ccc(N(c4cccc(-c5ccc6ccc7ccccc7c6c5)c4)c4ccc5c(c4)sc4ccccc45)cc32)cc1. The van der Waals surface area contributed by atoms with Crippen molar-refractivity contribution in [1.29, 1.82) is 0 Å². The van der Waals surface area contributed by atoms with Gasteiger partial charge in [-0.15, -0.1) is 11.3 Å². The molecule has 11 aromatic rings. The Kier molecular flexibility index (Phi) is 7.69. The van der Waals surface area contributed by atoms with E-state index >= 15 is 0 Å². The molecule has 1 aliphatic carbocycles. The minimum absolute atomic E-state index is 0.499. The van der Waals surface area contributed by atoms with Crippen LogP contribution in [0.1, 0.15) is 22.3 Å². The molecule has 2 heteroatoms. The van der Waals surface area contributed by atoms with Crippen LogP contribution in [0.2, 0.25) is 0 Å². The third-order valence-corrected chi connectivity index (χ3v) is 13.6. The Bertz CT molecular complexity index is 3360. The lowest BCUT2D eigenvalue weighted by molar-refractivity contribution is 0.768. The van der Waals surface area contributed by atoms with Crippen molar-refractivity contribution in [3.8, 4) is 22.3 Å². The molecule has 12 rings (SSSR count). The quantitative estimate of drug-likeness (QED) is 0.152. The average Bonchev–Trinajstić information content (AvgIpc) is 3.83. The minimum atomic E-state index is -0.499. The summed E-state index contributed by atoms with van der Waals surface area (Å²) >= 11 is 1.86. The zero-order chi connectivity index (χ0) is 38.9.